The van der Waals surface area contributed by atoms with E-state index >= 15 is 0 Å². The van der Waals surface area contributed by atoms with E-state index in [4.69, 9.17) is 4.74 Å². The highest BCUT2D eigenvalue weighted by Crippen LogP contribution is 2.24. The Hall–Kier alpha value is -2.18. The zero-order valence-corrected chi connectivity index (χ0v) is 9.96. The molecule has 7 heteroatoms. The van der Waals surface area contributed by atoms with E-state index in [-0.39, 0.29) is 12.0 Å². The van der Waals surface area contributed by atoms with Crippen LogP contribution in [0.25, 0.3) is 11.0 Å². The van der Waals surface area contributed by atoms with Gasteiger partial charge in [0.2, 0.25) is 5.95 Å². The first-order valence-corrected chi connectivity index (χ1v) is 5.80. The van der Waals surface area contributed by atoms with E-state index < -0.39 is 0 Å². The second-order valence-corrected chi connectivity index (χ2v) is 4.22. The second-order valence-electron chi connectivity index (χ2n) is 4.22. The number of esters is 1. The highest BCUT2D eigenvalue weighted by Gasteiger charge is 2.33. The third-order valence-electron chi connectivity index (χ3n) is 3.16. The zero-order chi connectivity index (χ0) is 12.5. The summed E-state index contributed by atoms with van der Waals surface area (Å²) in [5.41, 5.74) is 0.676. The first kappa shape index (κ1) is 10.9. The second kappa shape index (κ2) is 4.25. The summed E-state index contributed by atoms with van der Waals surface area (Å²) in [6, 6.07) is -0.282. The third kappa shape index (κ3) is 1.68. The summed E-state index contributed by atoms with van der Waals surface area (Å²) in [5, 5.41) is 7.55. The number of carbonyl (C=O) groups is 1. The molecule has 0 unspecified atom stereocenters. The summed E-state index contributed by atoms with van der Waals surface area (Å²) in [4.78, 5) is 22.2. The summed E-state index contributed by atoms with van der Waals surface area (Å²) in [6.07, 6.45) is 5.08. The molecule has 94 valence electrons. The van der Waals surface area contributed by atoms with Crippen molar-refractivity contribution in [1.29, 1.82) is 0 Å². The molecule has 0 amide bonds. The number of nitrogens with zero attached hydrogens (tertiary/aromatic N) is 4. The molecule has 1 saturated heterocycles. The molecule has 0 aliphatic carbocycles. The average Bonchev–Trinajstić information content (AvgIpc) is 3.05. The number of anilines is 1. The topological polar surface area (TPSA) is 84.0 Å². The number of ether oxygens (including phenoxy) is 1. The Morgan fingerprint density at radius 1 is 1.56 bits per heavy atom. The molecular weight excluding hydrogens is 234 g/mol. The maximum Gasteiger partial charge on any atom is 0.328 e. The van der Waals surface area contributed by atoms with E-state index in [0.29, 0.717) is 11.6 Å². The number of methoxy groups -OCH3 is 1. The molecule has 1 aliphatic rings. The maximum absolute atomic E-state index is 11.7. The number of carbonyl (C=O) groups excluding carboxylic acids is 1. The lowest BCUT2D eigenvalue weighted by atomic mass is 10.2. The fraction of sp³-hybridized carbons (Fsp3) is 0.455. The van der Waals surface area contributed by atoms with Gasteiger partial charge in [0.1, 0.15) is 6.04 Å². The van der Waals surface area contributed by atoms with Crippen LogP contribution in [-0.4, -0.2) is 45.8 Å². The Morgan fingerprint density at radius 2 is 2.44 bits per heavy atom. The Balaban J connectivity index is 1.95. The molecule has 3 heterocycles. The van der Waals surface area contributed by atoms with Gasteiger partial charge in [-0.1, -0.05) is 0 Å². The van der Waals surface area contributed by atoms with Crippen molar-refractivity contribution >= 4 is 23.0 Å². The van der Waals surface area contributed by atoms with E-state index in [1.54, 1.807) is 12.4 Å². The maximum atomic E-state index is 11.7. The minimum Gasteiger partial charge on any atom is -0.467 e. The molecule has 1 atom stereocenters. The Labute approximate surface area is 103 Å². The highest BCUT2D eigenvalue weighted by molar-refractivity contribution is 5.80. The van der Waals surface area contributed by atoms with Gasteiger partial charge in [-0.25, -0.2) is 9.78 Å². The number of hydrogen-bond acceptors (Lipinski definition) is 6. The van der Waals surface area contributed by atoms with Crippen molar-refractivity contribution in [2.24, 2.45) is 0 Å². The number of H-pyrrole nitrogens is 1. The first-order valence-electron chi connectivity index (χ1n) is 5.80. The SMILES string of the molecule is COC(=O)[C@@H]1CCCN1c1ncc2cn[nH]c2n1. The molecule has 18 heavy (non-hydrogen) atoms. The number of fused-ring (bicyclic) bond motifs is 1. The summed E-state index contributed by atoms with van der Waals surface area (Å²) in [5.74, 6) is 0.306. The molecule has 2 aromatic rings. The smallest absolute Gasteiger partial charge is 0.328 e. The minimum absolute atomic E-state index is 0.235. The minimum atomic E-state index is -0.282. The van der Waals surface area contributed by atoms with E-state index in [1.807, 2.05) is 4.90 Å². The standard InChI is InChI=1S/C11H13N5O2/c1-18-10(17)8-3-2-4-16(8)11-12-5-7-6-13-15-9(7)14-11/h5-6,8H,2-4H2,1H3,(H,12,13,14,15)/t8-/m0/s1. The van der Waals surface area contributed by atoms with Gasteiger partial charge in [-0.3, -0.25) is 5.10 Å². The zero-order valence-electron chi connectivity index (χ0n) is 9.96. The summed E-state index contributed by atoms with van der Waals surface area (Å²) in [6.45, 7) is 0.763. The van der Waals surface area contributed by atoms with Crippen LogP contribution in [0.4, 0.5) is 5.95 Å². The van der Waals surface area contributed by atoms with Crippen molar-refractivity contribution in [1.82, 2.24) is 20.2 Å². The third-order valence-corrected chi connectivity index (χ3v) is 3.16. The first-order chi connectivity index (χ1) is 8.79. The van der Waals surface area contributed by atoms with E-state index in [0.717, 1.165) is 24.8 Å². The van der Waals surface area contributed by atoms with Gasteiger partial charge in [-0.2, -0.15) is 10.1 Å². The van der Waals surface area contributed by atoms with Gasteiger partial charge in [0.25, 0.3) is 0 Å². The number of aromatic amines is 1. The predicted molar refractivity (Wildman–Crippen MR) is 64.1 cm³/mol. The number of hydrogen-bond donors (Lipinski definition) is 1. The number of aromatic nitrogens is 4. The molecule has 0 saturated carbocycles. The average molecular weight is 247 g/mol. The van der Waals surface area contributed by atoms with Crippen LogP contribution in [-0.2, 0) is 9.53 Å². The van der Waals surface area contributed by atoms with E-state index in [2.05, 4.69) is 20.2 Å². The fourth-order valence-corrected chi connectivity index (χ4v) is 2.25. The normalized spacial score (nSPS) is 19.4. The van der Waals surface area contributed by atoms with Crippen LogP contribution in [0.1, 0.15) is 12.8 Å². The molecule has 0 radical (unpaired) electrons. The van der Waals surface area contributed by atoms with E-state index in [9.17, 15) is 4.79 Å². The van der Waals surface area contributed by atoms with Crippen LogP contribution < -0.4 is 4.90 Å². The van der Waals surface area contributed by atoms with Crippen LogP contribution in [0.15, 0.2) is 12.4 Å². The molecule has 1 aliphatic heterocycles. The van der Waals surface area contributed by atoms with Crippen LogP contribution in [0.5, 0.6) is 0 Å². The molecule has 3 rings (SSSR count). The van der Waals surface area contributed by atoms with Gasteiger partial charge in [-0.05, 0) is 12.8 Å². The predicted octanol–water partition coefficient (Wildman–Crippen LogP) is 0.495. The van der Waals surface area contributed by atoms with Gasteiger partial charge in [0, 0.05) is 12.7 Å². The largest absolute Gasteiger partial charge is 0.467 e. The summed E-state index contributed by atoms with van der Waals surface area (Å²) >= 11 is 0. The van der Waals surface area contributed by atoms with Crippen molar-refractivity contribution in [3.05, 3.63) is 12.4 Å². The monoisotopic (exact) mass is 247 g/mol. The van der Waals surface area contributed by atoms with Crippen molar-refractivity contribution in [3.8, 4) is 0 Å². The molecule has 1 fully saturated rings. The quantitative estimate of drug-likeness (QED) is 0.778. The van der Waals surface area contributed by atoms with E-state index in [1.165, 1.54) is 7.11 Å². The fourth-order valence-electron chi connectivity index (χ4n) is 2.25. The van der Waals surface area contributed by atoms with Crippen molar-refractivity contribution in [2.45, 2.75) is 18.9 Å². The molecule has 7 nitrogen and oxygen atoms in total. The highest BCUT2D eigenvalue weighted by atomic mass is 16.5. The van der Waals surface area contributed by atoms with Crippen LogP contribution >= 0.6 is 0 Å². The lowest BCUT2D eigenvalue weighted by Gasteiger charge is -2.22. The van der Waals surface area contributed by atoms with Crippen molar-refractivity contribution < 1.29 is 9.53 Å². The lowest BCUT2D eigenvalue weighted by molar-refractivity contribution is -0.141. The molecule has 0 aromatic carbocycles. The van der Waals surface area contributed by atoms with Gasteiger partial charge >= 0.3 is 5.97 Å². The molecule has 1 N–H and O–H groups in total. The van der Waals surface area contributed by atoms with Gasteiger partial charge in [0.15, 0.2) is 5.65 Å². The Morgan fingerprint density at radius 3 is 3.28 bits per heavy atom. The molecule has 2 aromatic heterocycles. The van der Waals surface area contributed by atoms with Gasteiger partial charge in [0.05, 0.1) is 18.7 Å². The van der Waals surface area contributed by atoms with Crippen molar-refractivity contribution in [3.63, 3.8) is 0 Å². The molecule has 0 bridgehead atoms. The lowest BCUT2D eigenvalue weighted by Crippen LogP contribution is -2.37. The molecule has 0 spiro atoms. The number of nitrogens with one attached hydrogen (secondary N) is 1. The van der Waals surface area contributed by atoms with Gasteiger partial charge in [-0.15, -0.1) is 0 Å². The Kier molecular flexibility index (Phi) is 2.58. The van der Waals surface area contributed by atoms with Crippen LogP contribution in [0.3, 0.4) is 0 Å². The van der Waals surface area contributed by atoms with Crippen LogP contribution in [0.2, 0.25) is 0 Å². The number of rotatable bonds is 2. The van der Waals surface area contributed by atoms with Gasteiger partial charge < -0.3 is 9.64 Å². The summed E-state index contributed by atoms with van der Waals surface area (Å²) in [7, 11) is 1.40. The molecular formula is C11H13N5O2. The Bertz CT molecular complexity index is 582. The van der Waals surface area contributed by atoms with Crippen LogP contribution in [0, 0.1) is 0 Å². The summed E-state index contributed by atoms with van der Waals surface area (Å²) < 4.78 is 4.80. The van der Waals surface area contributed by atoms with Crippen molar-refractivity contribution in [2.75, 3.05) is 18.6 Å².